The van der Waals surface area contributed by atoms with Gasteiger partial charge in [-0.1, -0.05) is 65.7 Å². The largest absolute Gasteiger partial charge is 0.480 e. The van der Waals surface area contributed by atoms with Gasteiger partial charge in [-0.25, -0.2) is 0 Å². The van der Waals surface area contributed by atoms with E-state index in [1.165, 1.54) is 0 Å². The van der Waals surface area contributed by atoms with Crippen LogP contribution in [0.1, 0.15) is 29.5 Å². The summed E-state index contributed by atoms with van der Waals surface area (Å²) in [6.07, 6.45) is 0.870. The summed E-state index contributed by atoms with van der Waals surface area (Å²) in [6.45, 7) is 2.04. The first-order valence-electron chi connectivity index (χ1n) is 10.0. The van der Waals surface area contributed by atoms with Crippen molar-refractivity contribution in [3.63, 3.8) is 0 Å². The van der Waals surface area contributed by atoms with Crippen molar-refractivity contribution in [2.75, 3.05) is 0 Å². The lowest BCUT2D eigenvalue weighted by atomic mass is 9.86. The molecule has 5 heteroatoms. The second kappa shape index (κ2) is 9.11. The molecule has 1 heterocycles. The second-order valence-electron chi connectivity index (χ2n) is 7.70. The molecule has 0 aromatic heterocycles. The third kappa shape index (κ3) is 4.80. The number of hydrogen-bond acceptors (Lipinski definition) is 2. The normalized spacial score (nSPS) is 17.0. The zero-order valence-electron chi connectivity index (χ0n) is 16.6. The highest BCUT2D eigenvalue weighted by atomic mass is 35.5. The summed E-state index contributed by atoms with van der Waals surface area (Å²) in [4.78, 5) is 12.9. The molecule has 1 aliphatic heterocycles. The summed E-state index contributed by atoms with van der Waals surface area (Å²) in [5, 5.41) is 4.58. The number of benzene rings is 3. The predicted octanol–water partition coefficient (Wildman–Crippen LogP) is 5.83. The Morgan fingerprint density at radius 2 is 1.63 bits per heavy atom. The van der Waals surface area contributed by atoms with Gasteiger partial charge < -0.3 is 10.1 Å². The predicted molar refractivity (Wildman–Crippen MR) is 122 cm³/mol. The van der Waals surface area contributed by atoms with Crippen LogP contribution in [0.3, 0.4) is 0 Å². The van der Waals surface area contributed by atoms with E-state index in [1.54, 1.807) is 0 Å². The Morgan fingerprint density at radius 1 is 1.00 bits per heavy atom. The van der Waals surface area contributed by atoms with Crippen LogP contribution in [-0.4, -0.2) is 18.1 Å². The molecule has 0 aliphatic carbocycles. The summed E-state index contributed by atoms with van der Waals surface area (Å²) in [6, 6.07) is 23.3. The first-order valence-corrected chi connectivity index (χ1v) is 10.8. The number of ether oxygens (including phenoxy) is 1. The smallest absolute Gasteiger partial charge is 0.261 e. The van der Waals surface area contributed by atoms with Gasteiger partial charge in [0.1, 0.15) is 5.75 Å². The third-order valence-electron chi connectivity index (χ3n) is 5.58. The number of hydrogen-bond donors (Lipinski definition) is 1. The van der Waals surface area contributed by atoms with Gasteiger partial charge in [0, 0.05) is 28.4 Å². The lowest BCUT2D eigenvalue weighted by Crippen LogP contribution is -2.44. The summed E-state index contributed by atoms with van der Waals surface area (Å²) in [5.74, 6) is 0.783. The van der Waals surface area contributed by atoms with Gasteiger partial charge >= 0.3 is 0 Å². The highest BCUT2D eigenvalue weighted by Crippen LogP contribution is 2.30. The Bertz CT molecular complexity index is 993. The monoisotopic (exact) mass is 439 g/mol. The summed E-state index contributed by atoms with van der Waals surface area (Å²) >= 11 is 12.1. The van der Waals surface area contributed by atoms with Gasteiger partial charge in [0.25, 0.3) is 5.91 Å². The SMILES string of the molecule is CC(NC(=O)C1Cc2ccccc2O1)C(Cc1ccc(Cl)cc1)c1ccc(Cl)cc1. The van der Waals surface area contributed by atoms with Gasteiger partial charge in [-0.15, -0.1) is 0 Å². The van der Waals surface area contributed by atoms with Crippen molar-refractivity contribution in [3.05, 3.63) is 99.5 Å². The molecule has 30 heavy (non-hydrogen) atoms. The molecular weight excluding hydrogens is 417 g/mol. The van der Waals surface area contributed by atoms with E-state index in [1.807, 2.05) is 79.7 Å². The number of halogens is 2. The molecular formula is C25H23Cl2NO2. The van der Waals surface area contributed by atoms with Crippen LogP contribution in [0.4, 0.5) is 0 Å². The maximum atomic E-state index is 12.9. The molecule has 0 saturated carbocycles. The molecule has 1 N–H and O–H groups in total. The average molecular weight is 440 g/mol. The van der Waals surface area contributed by atoms with Gasteiger partial charge in [-0.2, -0.15) is 0 Å². The van der Waals surface area contributed by atoms with Crippen LogP contribution in [-0.2, 0) is 17.6 Å². The van der Waals surface area contributed by atoms with E-state index >= 15 is 0 Å². The Hall–Kier alpha value is -2.49. The van der Waals surface area contributed by atoms with E-state index in [4.69, 9.17) is 27.9 Å². The Morgan fingerprint density at radius 3 is 2.30 bits per heavy atom. The van der Waals surface area contributed by atoms with Gasteiger partial charge in [-0.3, -0.25) is 4.79 Å². The molecule has 0 bridgehead atoms. The van der Waals surface area contributed by atoms with Crippen molar-refractivity contribution in [1.82, 2.24) is 5.32 Å². The Labute approximate surface area is 187 Å². The van der Waals surface area contributed by atoms with Crippen molar-refractivity contribution in [2.45, 2.75) is 37.8 Å². The van der Waals surface area contributed by atoms with Gasteiger partial charge in [0.05, 0.1) is 0 Å². The topological polar surface area (TPSA) is 38.3 Å². The summed E-state index contributed by atoms with van der Waals surface area (Å²) < 4.78 is 5.86. The minimum absolute atomic E-state index is 0.0798. The molecule has 1 aliphatic rings. The number of rotatable bonds is 6. The zero-order valence-corrected chi connectivity index (χ0v) is 18.2. The van der Waals surface area contributed by atoms with Crippen LogP contribution in [0.25, 0.3) is 0 Å². The van der Waals surface area contributed by atoms with Crippen LogP contribution in [0.5, 0.6) is 5.75 Å². The fraction of sp³-hybridized carbons (Fsp3) is 0.240. The third-order valence-corrected chi connectivity index (χ3v) is 6.08. The lowest BCUT2D eigenvalue weighted by molar-refractivity contribution is -0.128. The molecule has 0 radical (unpaired) electrons. The van der Waals surface area contributed by atoms with E-state index in [-0.39, 0.29) is 17.9 Å². The quantitative estimate of drug-likeness (QED) is 0.524. The minimum atomic E-state index is -0.494. The average Bonchev–Trinajstić information content (AvgIpc) is 3.18. The molecule has 3 atom stereocenters. The first-order chi connectivity index (χ1) is 14.5. The van der Waals surface area contributed by atoms with Crippen molar-refractivity contribution in [1.29, 1.82) is 0 Å². The van der Waals surface area contributed by atoms with E-state index in [2.05, 4.69) is 5.32 Å². The van der Waals surface area contributed by atoms with Crippen LogP contribution < -0.4 is 10.1 Å². The minimum Gasteiger partial charge on any atom is -0.480 e. The Balaban J connectivity index is 1.50. The molecule has 0 spiro atoms. The number of para-hydroxylation sites is 1. The zero-order chi connectivity index (χ0) is 21.1. The van der Waals surface area contributed by atoms with E-state index in [0.717, 1.165) is 28.9 Å². The van der Waals surface area contributed by atoms with Crippen molar-refractivity contribution >= 4 is 29.1 Å². The molecule has 3 aromatic rings. The van der Waals surface area contributed by atoms with Gasteiger partial charge in [0.15, 0.2) is 6.10 Å². The second-order valence-corrected chi connectivity index (χ2v) is 8.58. The molecule has 3 aromatic carbocycles. The Kier molecular flexibility index (Phi) is 6.31. The number of carbonyl (C=O) groups excluding carboxylic acids is 1. The summed E-state index contributed by atoms with van der Waals surface area (Å²) in [7, 11) is 0. The van der Waals surface area contributed by atoms with E-state index in [0.29, 0.717) is 16.5 Å². The van der Waals surface area contributed by atoms with Crippen LogP contribution in [0.2, 0.25) is 10.0 Å². The van der Waals surface area contributed by atoms with Crippen molar-refractivity contribution < 1.29 is 9.53 Å². The molecule has 3 unspecified atom stereocenters. The van der Waals surface area contributed by atoms with Crippen LogP contribution in [0, 0.1) is 0 Å². The van der Waals surface area contributed by atoms with Crippen LogP contribution >= 0.6 is 23.2 Å². The fourth-order valence-electron chi connectivity index (χ4n) is 3.91. The number of carbonyl (C=O) groups is 1. The van der Waals surface area contributed by atoms with Gasteiger partial charge in [-0.05, 0) is 60.4 Å². The number of nitrogens with one attached hydrogen (secondary N) is 1. The molecule has 0 fully saturated rings. The standard InChI is InChI=1S/C25H23Cl2NO2/c1-16(28-25(29)24-15-19-4-2-3-5-23(19)30-24)22(18-8-12-21(27)13-9-18)14-17-6-10-20(26)11-7-17/h2-13,16,22,24H,14-15H2,1H3,(H,28,29). The molecule has 1 amide bonds. The van der Waals surface area contributed by atoms with Crippen LogP contribution in [0.15, 0.2) is 72.8 Å². The molecule has 4 rings (SSSR count). The van der Waals surface area contributed by atoms with Crippen molar-refractivity contribution in [2.24, 2.45) is 0 Å². The lowest BCUT2D eigenvalue weighted by Gasteiger charge is -2.27. The van der Waals surface area contributed by atoms with Crippen molar-refractivity contribution in [3.8, 4) is 5.75 Å². The van der Waals surface area contributed by atoms with Gasteiger partial charge in [0.2, 0.25) is 0 Å². The van der Waals surface area contributed by atoms with E-state index in [9.17, 15) is 4.79 Å². The van der Waals surface area contributed by atoms with E-state index < -0.39 is 6.10 Å². The molecule has 0 saturated heterocycles. The maximum Gasteiger partial charge on any atom is 0.261 e. The number of fused-ring (bicyclic) bond motifs is 1. The number of amides is 1. The molecule has 3 nitrogen and oxygen atoms in total. The maximum absolute atomic E-state index is 12.9. The highest BCUT2D eigenvalue weighted by molar-refractivity contribution is 6.30. The first kappa shape index (κ1) is 20.8. The highest BCUT2D eigenvalue weighted by Gasteiger charge is 2.31. The molecule has 154 valence electrons. The summed E-state index contributed by atoms with van der Waals surface area (Å²) in [5.41, 5.74) is 3.35. The fourth-order valence-corrected chi connectivity index (χ4v) is 4.17.